The van der Waals surface area contributed by atoms with Gasteiger partial charge in [-0.25, -0.2) is 0 Å². The first-order valence-corrected chi connectivity index (χ1v) is 8.34. The summed E-state index contributed by atoms with van der Waals surface area (Å²) in [7, 11) is 1.50. The molecule has 1 saturated heterocycles. The maximum atomic E-state index is 12.7. The van der Waals surface area contributed by atoms with Gasteiger partial charge in [-0.3, -0.25) is 14.4 Å². The van der Waals surface area contributed by atoms with Crippen molar-refractivity contribution in [2.24, 2.45) is 0 Å². The number of aromatic nitrogens is 1. The molecule has 1 aromatic heterocycles. The first-order valence-electron chi connectivity index (χ1n) is 8.34. The third-order valence-corrected chi connectivity index (χ3v) is 4.68. The number of hydrogen-bond donors (Lipinski definition) is 3. The molecule has 2 heterocycles. The van der Waals surface area contributed by atoms with Crippen LogP contribution in [0.4, 0.5) is 0 Å². The van der Waals surface area contributed by atoms with E-state index in [9.17, 15) is 19.5 Å². The number of pyridine rings is 1. The van der Waals surface area contributed by atoms with Gasteiger partial charge in [0, 0.05) is 37.1 Å². The van der Waals surface area contributed by atoms with E-state index in [1.54, 1.807) is 18.2 Å². The van der Waals surface area contributed by atoms with E-state index in [1.165, 1.54) is 25.1 Å². The summed E-state index contributed by atoms with van der Waals surface area (Å²) in [5.74, 6) is -0.155. The van der Waals surface area contributed by atoms with Crippen molar-refractivity contribution in [3.63, 3.8) is 0 Å². The Bertz CT molecular complexity index is 907. The Morgan fingerprint density at radius 1 is 1.38 bits per heavy atom. The highest BCUT2D eigenvalue weighted by Gasteiger charge is 2.30. The summed E-state index contributed by atoms with van der Waals surface area (Å²) in [6.45, 7) is 2.04. The number of aromatic amines is 1. The fourth-order valence-corrected chi connectivity index (χ4v) is 3.13. The fraction of sp³-hybridized carbons (Fsp3) is 0.389. The molecular formula is C18H21N3O5. The molecule has 26 heavy (non-hydrogen) atoms. The number of carbonyl (C=O) groups is 2. The SMILES string of the molecule is COc1ccc2[nH]cc(C(=O)N[C@@H]3CCN(C(C)=O)C[C@H]3O)c(=O)c2c1. The second-order valence-electron chi connectivity index (χ2n) is 6.34. The average molecular weight is 359 g/mol. The van der Waals surface area contributed by atoms with E-state index in [4.69, 9.17) is 4.74 Å². The zero-order valence-electron chi connectivity index (χ0n) is 14.6. The molecule has 2 amide bonds. The Hall–Kier alpha value is -2.87. The summed E-state index contributed by atoms with van der Waals surface area (Å²) in [6.07, 6.45) is 0.909. The highest BCUT2D eigenvalue weighted by Crippen LogP contribution is 2.17. The largest absolute Gasteiger partial charge is 0.497 e. The predicted molar refractivity (Wildman–Crippen MR) is 95.3 cm³/mol. The molecule has 1 fully saturated rings. The highest BCUT2D eigenvalue weighted by atomic mass is 16.5. The number of piperidine rings is 1. The maximum Gasteiger partial charge on any atom is 0.257 e. The molecule has 3 rings (SSSR count). The second kappa shape index (κ2) is 7.17. The fourth-order valence-electron chi connectivity index (χ4n) is 3.13. The van der Waals surface area contributed by atoms with E-state index in [2.05, 4.69) is 10.3 Å². The molecule has 0 radical (unpaired) electrons. The summed E-state index contributed by atoms with van der Waals surface area (Å²) < 4.78 is 5.12. The number of rotatable bonds is 3. The van der Waals surface area contributed by atoms with Crippen LogP contribution in [0.15, 0.2) is 29.2 Å². The Kier molecular flexibility index (Phi) is 4.94. The smallest absolute Gasteiger partial charge is 0.257 e. The number of amides is 2. The van der Waals surface area contributed by atoms with Gasteiger partial charge in [-0.1, -0.05) is 0 Å². The number of nitrogens with one attached hydrogen (secondary N) is 2. The van der Waals surface area contributed by atoms with Crippen molar-refractivity contribution in [2.75, 3.05) is 20.2 Å². The number of likely N-dealkylation sites (tertiary alicyclic amines) is 1. The summed E-state index contributed by atoms with van der Waals surface area (Å²) in [5.41, 5.74) is 0.153. The first-order chi connectivity index (χ1) is 12.4. The molecule has 3 N–H and O–H groups in total. The maximum absolute atomic E-state index is 12.7. The lowest BCUT2D eigenvalue weighted by atomic mass is 10.0. The van der Waals surface area contributed by atoms with Gasteiger partial charge in [-0.2, -0.15) is 0 Å². The van der Waals surface area contributed by atoms with E-state index in [0.717, 1.165) is 0 Å². The van der Waals surface area contributed by atoms with Gasteiger partial charge in [0.05, 0.1) is 19.3 Å². The van der Waals surface area contributed by atoms with Crippen LogP contribution in [-0.2, 0) is 4.79 Å². The molecule has 1 aromatic carbocycles. The van der Waals surface area contributed by atoms with Gasteiger partial charge in [0.15, 0.2) is 0 Å². The number of carbonyl (C=O) groups excluding carboxylic acids is 2. The predicted octanol–water partition coefficient (Wildman–Crippen LogP) is 0.248. The van der Waals surface area contributed by atoms with Gasteiger partial charge in [0.2, 0.25) is 11.3 Å². The number of nitrogens with zero attached hydrogens (tertiary/aromatic N) is 1. The van der Waals surface area contributed by atoms with Crippen molar-refractivity contribution in [1.29, 1.82) is 0 Å². The Morgan fingerprint density at radius 2 is 2.15 bits per heavy atom. The summed E-state index contributed by atoms with van der Waals surface area (Å²) in [5, 5.41) is 13.2. The van der Waals surface area contributed by atoms with Crippen molar-refractivity contribution in [2.45, 2.75) is 25.5 Å². The lowest BCUT2D eigenvalue weighted by Crippen LogP contribution is -2.55. The molecule has 1 aliphatic heterocycles. The van der Waals surface area contributed by atoms with E-state index in [-0.39, 0.29) is 18.0 Å². The number of ether oxygens (including phenoxy) is 1. The third kappa shape index (κ3) is 3.41. The number of aliphatic hydroxyl groups is 1. The molecule has 2 atom stereocenters. The van der Waals surface area contributed by atoms with Crippen molar-refractivity contribution >= 4 is 22.7 Å². The molecule has 2 aromatic rings. The van der Waals surface area contributed by atoms with Crippen molar-refractivity contribution in [1.82, 2.24) is 15.2 Å². The first kappa shape index (κ1) is 17.9. The van der Waals surface area contributed by atoms with Gasteiger partial charge in [-0.05, 0) is 24.6 Å². The summed E-state index contributed by atoms with van der Waals surface area (Å²) in [6, 6.07) is 4.49. The Morgan fingerprint density at radius 3 is 2.81 bits per heavy atom. The number of H-pyrrole nitrogens is 1. The van der Waals surface area contributed by atoms with Crippen molar-refractivity contribution < 1.29 is 19.4 Å². The minimum Gasteiger partial charge on any atom is -0.497 e. The van der Waals surface area contributed by atoms with E-state index in [1.807, 2.05) is 0 Å². The van der Waals surface area contributed by atoms with Gasteiger partial charge in [0.25, 0.3) is 5.91 Å². The van der Waals surface area contributed by atoms with Gasteiger partial charge >= 0.3 is 0 Å². The standard InChI is InChI=1S/C18H21N3O5/c1-10(22)21-6-5-15(16(23)9-21)20-18(25)13-8-19-14-4-3-11(26-2)7-12(14)17(13)24/h3-4,7-8,15-16,23H,5-6,9H2,1-2H3,(H,19,24)(H,20,25)/t15-,16-/m1/s1. The van der Waals surface area contributed by atoms with Gasteiger partial charge in [-0.15, -0.1) is 0 Å². The number of fused-ring (bicyclic) bond motifs is 1. The van der Waals surface area contributed by atoms with Crippen LogP contribution in [0.2, 0.25) is 0 Å². The number of methoxy groups -OCH3 is 1. The summed E-state index contributed by atoms with van der Waals surface area (Å²) >= 11 is 0. The van der Waals surface area contributed by atoms with Crippen LogP contribution in [0.25, 0.3) is 10.9 Å². The quantitative estimate of drug-likeness (QED) is 0.727. The molecule has 8 nitrogen and oxygen atoms in total. The van der Waals surface area contributed by atoms with Crippen LogP contribution in [0.3, 0.4) is 0 Å². The molecular weight excluding hydrogens is 338 g/mol. The van der Waals surface area contributed by atoms with Crippen LogP contribution in [0.1, 0.15) is 23.7 Å². The van der Waals surface area contributed by atoms with Crippen molar-refractivity contribution in [3.05, 3.63) is 40.2 Å². The molecule has 138 valence electrons. The second-order valence-corrected chi connectivity index (χ2v) is 6.34. The minimum atomic E-state index is -0.878. The van der Waals surface area contributed by atoms with Gasteiger partial charge < -0.3 is 25.0 Å². The lowest BCUT2D eigenvalue weighted by molar-refractivity contribution is -0.132. The number of β-amino-alcohol motifs (C(OH)–C–C–N with tert-alkyl or cyclic N) is 1. The molecule has 1 aliphatic rings. The van der Waals surface area contributed by atoms with Crippen LogP contribution >= 0.6 is 0 Å². The molecule has 0 spiro atoms. The van der Waals surface area contributed by atoms with Crippen LogP contribution in [-0.4, -0.2) is 59.1 Å². The van der Waals surface area contributed by atoms with E-state index < -0.39 is 23.5 Å². The molecule has 8 heteroatoms. The normalized spacial score (nSPS) is 20.0. The average Bonchev–Trinajstić information content (AvgIpc) is 2.63. The molecule has 0 bridgehead atoms. The summed E-state index contributed by atoms with van der Waals surface area (Å²) in [4.78, 5) is 41.0. The number of aliphatic hydroxyl groups excluding tert-OH is 1. The van der Waals surface area contributed by atoms with Crippen LogP contribution in [0, 0.1) is 0 Å². The van der Waals surface area contributed by atoms with Crippen molar-refractivity contribution in [3.8, 4) is 5.75 Å². The topological polar surface area (TPSA) is 112 Å². The highest BCUT2D eigenvalue weighted by molar-refractivity contribution is 5.97. The molecule has 0 unspecified atom stereocenters. The zero-order valence-corrected chi connectivity index (χ0v) is 14.6. The van der Waals surface area contributed by atoms with Gasteiger partial charge in [0.1, 0.15) is 11.3 Å². The Balaban J connectivity index is 1.81. The monoisotopic (exact) mass is 359 g/mol. The zero-order chi connectivity index (χ0) is 18.8. The van der Waals surface area contributed by atoms with Crippen LogP contribution < -0.4 is 15.5 Å². The van der Waals surface area contributed by atoms with E-state index in [0.29, 0.717) is 29.6 Å². The molecule has 0 saturated carbocycles. The third-order valence-electron chi connectivity index (χ3n) is 4.68. The Labute approximate surface area is 149 Å². The number of benzene rings is 1. The number of hydrogen-bond acceptors (Lipinski definition) is 5. The minimum absolute atomic E-state index is 0.0352. The molecule has 0 aliphatic carbocycles. The lowest BCUT2D eigenvalue weighted by Gasteiger charge is -2.35. The van der Waals surface area contributed by atoms with E-state index >= 15 is 0 Å². The van der Waals surface area contributed by atoms with Crippen LogP contribution in [0.5, 0.6) is 5.75 Å².